The van der Waals surface area contributed by atoms with Crippen molar-refractivity contribution in [3.8, 4) is 0 Å². The van der Waals surface area contributed by atoms with E-state index in [-0.39, 0.29) is 17.9 Å². The van der Waals surface area contributed by atoms with Gasteiger partial charge in [-0.15, -0.1) is 0 Å². The van der Waals surface area contributed by atoms with Crippen molar-refractivity contribution in [3.05, 3.63) is 36.5 Å². The fourth-order valence-electron chi connectivity index (χ4n) is 4.69. The molecule has 4 N–H and O–H groups in total. The van der Waals surface area contributed by atoms with E-state index in [0.29, 0.717) is 30.5 Å². The van der Waals surface area contributed by atoms with Crippen LogP contribution in [0.4, 0.5) is 0 Å². The Bertz CT molecular complexity index is 680. The number of carbonyl (C=O) groups excluding carboxylic acids is 1. The summed E-state index contributed by atoms with van der Waals surface area (Å²) in [7, 11) is 0. The number of hydrogen-bond donors (Lipinski definition) is 4. The topological polar surface area (TPSA) is 116 Å². The monoisotopic (exact) mass is 377 g/mol. The van der Waals surface area contributed by atoms with Gasteiger partial charge in [-0.3, -0.25) is 4.79 Å². The molecule has 1 saturated heterocycles. The molecule has 0 radical (unpaired) electrons. The first kappa shape index (κ1) is 19.8. The van der Waals surface area contributed by atoms with Crippen LogP contribution in [0.15, 0.2) is 36.5 Å². The molecule has 0 aromatic carbocycles. The third-order valence-electron chi connectivity index (χ3n) is 6.16. The predicted octanol–water partition coefficient (Wildman–Crippen LogP) is 0.781. The van der Waals surface area contributed by atoms with Crippen molar-refractivity contribution in [2.45, 2.75) is 50.0 Å². The first-order valence-electron chi connectivity index (χ1n) is 9.30. The number of esters is 1. The lowest BCUT2D eigenvalue weighted by Gasteiger charge is -2.34. The summed E-state index contributed by atoms with van der Waals surface area (Å²) in [6.45, 7) is 12.3. The highest BCUT2D eigenvalue weighted by atomic mass is 16.5. The number of aliphatic hydroxyl groups is 2. The molecule has 7 heteroatoms. The number of rotatable bonds is 4. The zero-order valence-electron chi connectivity index (χ0n) is 15.3. The van der Waals surface area contributed by atoms with E-state index in [2.05, 4.69) is 25.1 Å². The van der Waals surface area contributed by atoms with E-state index in [1.807, 2.05) is 0 Å². The van der Waals surface area contributed by atoms with Gasteiger partial charge < -0.3 is 25.4 Å². The summed E-state index contributed by atoms with van der Waals surface area (Å²) >= 11 is 0. The summed E-state index contributed by atoms with van der Waals surface area (Å²) in [6.07, 6.45) is -0.810. The van der Waals surface area contributed by atoms with Crippen molar-refractivity contribution in [3.63, 3.8) is 0 Å². The third kappa shape index (κ3) is 3.59. The lowest BCUT2D eigenvalue weighted by atomic mass is 9.79. The van der Waals surface area contributed by atoms with Gasteiger partial charge in [0.25, 0.3) is 0 Å². The van der Waals surface area contributed by atoms with Crippen LogP contribution in [0.1, 0.15) is 25.7 Å². The maximum Gasteiger partial charge on any atom is 0.331 e. The second-order valence-electron chi connectivity index (χ2n) is 7.80. The normalized spacial score (nSPS) is 39.0. The van der Waals surface area contributed by atoms with Crippen LogP contribution >= 0.6 is 0 Å². The first-order chi connectivity index (χ1) is 12.7. The van der Waals surface area contributed by atoms with E-state index in [4.69, 9.17) is 4.74 Å². The minimum atomic E-state index is -1.26. The number of carboxylic acids is 1. The van der Waals surface area contributed by atoms with Gasteiger partial charge in [0.05, 0.1) is 18.1 Å². The van der Waals surface area contributed by atoms with Crippen LogP contribution in [0.3, 0.4) is 0 Å². The zero-order valence-corrected chi connectivity index (χ0v) is 15.3. The second kappa shape index (κ2) is 7.58. The lowest BCUT2D eigenvalue weighted by Crippen LogP contribution is -2.45. The Hall–Kier alpha value is -1.96. The van der Waals surface area contributed by atoms with Gasteiger partial charge >= 0.3 is 11.9 Å². The molecule has 1 heterocycles. The Morgan fingerprint density at radius 2 is 1.93 bits per heavy atom. The molecule has 7 atom stereocenters. The molecule has 3 aliphatic rings. The minimum Gasteiger partial charge on any atom is -0.478 e. The van der Waals surface area contributed by atoms with Crippen molar-refractivity contribution in [1.82, 2.24) is 5.32 Å². The Balaban J connectivity index is 1.99. The molecule has 0 aromatic heterocycles. The summed E-state index contributed by atoms with van der Waals surface area (Å²) in [5, 5.41) is 33.6. The molecule has 0 unspecified atom stereocenters. The average Bonchev–Trinajstić information content (AvgIpc) is 3.21. The zero-order chi connectivity index (χ0) is 19.9. The Morgan fingerprint density at radius 1 is 1.22 bits per heavy atom. The van der Waals surface area contributed by atoms with Gasteiger partial charge in [-0.2, -0.15) is 0 Å². The van der Waals surface area contributed by atoms with E-state index < -0.39 is 48.1 Å². The summed E-state index contributed by atoms with van der Waals surface area (Å²) in [4.78, 5) is 24.3. The van der Waals surface area contributed by atoms with Gasteiger partial charge in [-0.25, -0.2) is 4.79 Å². The Morgan fingerprint density at radius 3 is 2.52 bits per heavy atom. The molecular formula is C20H27NO6. The molecule has 0 bridgehead atoms. The molecule has 2 aliphatic carbocycles. The van der Waals surface area contributed by atoms with Crippen LogP contribution in [0.25, 0.3) is 0 Å². The number of carbonyl (C=O) groups is 2. The quantitative estimate of drug-likeness (QED) is 0.325. The molecule has 3 rings (SSSR count). The summed E-state index contributed by atoms with van der Waals surface area (Å²) in [6, 6.07) is -0.453. The van der Waals surface area contributed by atoms with Crippen molar-refractivity contribution in [2.24, 2.45) is 17.8 Å². The van der Waals surface area contributed by atoms with Crippen LogP contribution in [0.5, 0.6) is 0 Å². The van der Waals surface area contributed by atoms with E-state index >= 15 is 0 Å². The van der Waals surface area contributed by atoms with Gasteiger partial charge in [0.2, 0.25) is 0 Å². The minimum absolute atomic E-state index is 0.161. The standard InChI is InChI=1S/C20H27NO6/c1-9-7-15(23)17(11(3)19(24)25)18(16-10(2)14(22)8-12(9)16)27-20(26)13-5-4-6-21-13/h12-18,21-23H,1-8H2,(H,24,25)/t12-,13-,14-,15-,16-,17+,18+/m0/s1. The van der Waals surface area contributed by atoms with Gasteiger partial charge in [0.15, 0.2) is 0 Å². The number of hydrogen-bond acceptors (Lipinski definition) is 6. The fraction of sp³-hybridized carbons (Fsp3) is 0.600. The average molecular weight is 377 g/mol. The van der Waals surface area contributed by atoms with Gasteiger partial charge in [-0.1, -0.05) is 25.3 Å². The lowest BCUT2D eigenvalue weighted by molar-refractivity contribution is -0.159. The van der Waals surface area contributed by atoms with E-state index in [9.17, 15) is 24.9 Å². The first-order valence-corrected chi connectivity index (χ1v) is 9.30. The highest BCUT2D eigenvalue weighted by Crippen LogP contribution is 2.50. The smallest absolute Gasteiger partial charge is 0.331 e. The molecule has 7 nitrogen and oxygen atoms in total. The van der Waals surface area contributed by atoms with E-state index in [0.717, 1.165) is 6.42 Å². The predicted molar refractivity (Wildman–Crippen MR) is 97.7 cm³/mol. The van der Waals surface area contributed by atoms with Crippen molar-refractivity contribution < 1.29 is 29.6 Å². The number of aliphatic carboxylic acids is 1. The molecule has 0 aromatic rings. The van der Waals surface area contributed by atoms with E-state index in [1.165, 1.54) is 0 Å². The summed E-state index contributed by atoms with van der Waals surface area (Å²) < 4.78 is 5.79. The van der Waals surface area contributed by atoms with Gasteiger partial charge in [0, 0.05) is 11.5 Å². The SMILES string of the molecule is C=C(C(=O)O)[C@H]1[C@H](OC(=O)[C@@H]2CCCN2)[C@H]2C(=C)[C@@H](O)C[C@H]2C(=C)C[C@@H]1O. The third-order valence-corrected chi connectivity index (χ3v) is 6.16. The van der Waals surface area contributed by atoms with Crippen molar-refractivity contribution >= 4 is 11.9 Å². The second-order valence-corrected chi connectivity index (χ2v) is 7.80. The molecular weight excluding hydrogens is 350 g/mol. The number of carboxylic acid groups (broad SMARTS) is 1. The van der Waals surface area contributed by atoms with Gasteiger partial charge in [0.1, 0.15) is 12.1 Å². The van der Waals surface area contributed by atoms with Crippen molar-refractivity contribution in [2.75, 3.05) is 6.54 Å². The largest absolute Gasteiger partial charge is 0.478 e. The van der Waals surface area contributed by atoms with Crippen LogP contribution in [-0.4, -0.2) is 58.2 Å². The maximum absolute atomic E-state index is 12.7. The summed E-state index contributed by atoms with van der Waals surface area (Å²) in [5.41, 5.74) is 0.962. The van der Waals surface area contributed by atoms with Crippen molar-refractivity contribution in [1.29, 1.82) is 0 Å². The molecule has 1 aliphatic heterocycles. The Labute approximate surface area is 158 Å². The number of aliphatic hydroxyl groups excluding tert-OH is 2. The highest BCUT2D eigenvalue weighted by Gasteiger charge is 2.52. The summed E-state index contributed by atoms with van der Waals surface area (Å²) in [5.74, 6) is -3.47. The van der Waals surface area contributed by atoms with Crippen LogP contribution in [0.2, 0.25) is 0 Å². The number of fused-ring (bicyclic) bond motifs is 1. The maximum atomic E-state index is 12.7. The molecule has 148 valence electrons. The Kier molecular flexibility index (Phi) is 5.55. The molecule has 0 spiro atoms. The molecule has 3 fully saturated rings. The number of nitrogens with one attached hydrogen (secondary N) is 1. The number of ether oxygens (including phenoxy) is 1. The van der Waals surface area contributed by atoms with Gasteiger partial charge in [-0.05, 0) is 43.7 Å². The fourth-order valence-corrected chi connectivity index (χ4v) is 4.69. The molecule has 0 amide bonds. The van der Waals surface area contributed by atoms with Crippen LogP contribution < -0.4 is 5.32 Å². The highest BCUT2D eigenvalue weighted by molar-refractivity contribution is 5.87. The van der Waals surface area contributed by atoms with Crippen LogP contribution in [-0.2, 0) is 14.3 Å². The molecule has 27 heavy (non-hydrogen) atoms. The van der Waals surface area contributed by atoms with Crippen LogP contribution in [0, 0.1) is 17.8 Å². The molecule has 2 saturated carbocycles. The van der Waals surface area contributed by atoms with E-state index in [1.54, 1.807) is 0 Å².